The second-order valence-corrected chi connectivity index (χ2v) is 6.54. The van der Waals surface area contributed by atoms with Gasteiger partial charge in [0.15, 0.2) is 5.75 Å². The second kappa shape index (κ2) is 8.48. The van der Waals surface area contributed by atoms with Crippen molar-refractivity contribution in [2.45, 2.75) is 32.7 Å². The Morgan fingerprint density at radius 1 is 1.42 bits per heavy atom. The molecule has 1 aromatic rings. The number of nitrogens with zero attached hydrogens (tertiary/aromatic N) is 1. The van der Waals surface area contributed by atoms with Crippen LogP contribution in [0.3, 0.4) is 0 Å². The van der Waals surface area contributed by atoms with Crippen LogP contribution in [-0.4, -0.2) is 49.6 Å². The molecule has 0 aliphatic carbocycles. The van der Waals surface area contributed by atoms with Crippen molar-refractivity contribution in [3.05, 3.63) is 22.2 Å². The maximum atomic E-state index is 12.7. The topological polar surface area (TPSA) is 67.9 Å². The normalized spacial score (nSPS) is 17.6. The number of likely N-dealkylation sites (tertiary alicyclic amines) is 1. The van der Waals surface area contributed by atoms with Gasteiger partial charge in [0.05, 0.1) is 11.6 Å². The van der Waals surface area contributed by atoms with Gasteiger partial charge in [-0.2, -0.15) is 0 Å². The highest BCUT2D eigenvalue weighted by atomic mass is 79.9. The first-order valence-corrected chi connectivity index (χ1v) is 8.84. The van der Waals surface area contributed by atoms with Crippen LogP contribution in [-0.2, 0) is 4.79 Å². The number of carbonyl (C=O) groups excluding carboxylic acids is 2. The van der Waals surface area contributed by atoms with Crippen molar-refractivity contribution in [1.82, 2.24) is 10.2 Å². The van der Waals surface area contributed by atoms with Crippen LogP contribution in [0.25, 0.3) is 0 Å². The Morgan fingerprint density at radius 3 is 2.79 bits per heavy atom. The first-order chi connectivity index (χ1) is 11.5. The number of hydrogen-bond acceptors (Lipinski definition) is 5. The lowest BCUT2D eigenvalue weighted by Gasteiger charge is -2.23. The number of benzene rings is 1. The molecule has 7 heteroatoms. The number of carbonyl (C=O) groups is 2. The predicted octanol–water partition coefficient (Wildman–Crippen LogP) is 2.60. The average molecular weight is 399 g/mol. The fourth-order valence-corrected chi connectivity index (χ4v) is 3.42. The number of amides is 1. The largest absolute Gasteiger partial charge is 0.496 e. The van der Waals surface area contributed by atoms with Crippen LogP contribution < -0.4 is 14.8 Å². The van der Waals surface area contributed by atoms with Crippen LogP contribution in [0.2, 0.25) is 0 Å². The molecule has 0 unspecified atom stereocenters. The maximum Gasteiger partial charge on any atom is 0.308 e. The van der Waals surface area contributed by atoms with Crippen molar-refractivity contribution >= 4 is 27.8 Å². The second-order valence-electron chi connectivity index (χ2n) is 5.68. The molecule has 1 heterocycles. The summed E-state index contributed by atoms with van der Waals surface area (Å²) in [5.74, 6) is -0.262. The Hall–Kier alpha value is -1.60. The number of likely N-dealkylation sites (N-methyl/N-ethyl adjacent to an activating group) is 1. The van der Waals surface area contributed by atoms with E-state index in [0.29, 0.717) is 22.8 Å². The van der Waals surface area contributed by atoms with Crippen LogP contribution in [0.1, 0.15) is 37.0 Å². The van der Waals surface area contributed by atoms with Gasteiger partial charge in [0.2, 0.25) is 0 Å². The Kier molecular flexibility index (Phi) is 6.62. The van der Waals surface area contributed by atoms with E-state index in [9.17, 15) is 9.59 Å². The minimum Gasteiger partial charge on any atom is -0.496 e. The number of esters is 1. The molecule has 6 nitrogen and oxygen atoms in total. The monoisotopic (exact) mass is 398 g/mol. The molecule has 1 saturated heterocycles. The molecule has 132 valence electrons. The Bertz CT molecular complexity index is 621. The third-order valence-corrected chi connectivity index (χ3v) is 4.79. The van der Waals surface area contributed by atoms with E-state index in [1.165, 1.54) is 14.0 Å². The van der Waals surface area contributed by atoms with Gasteiger partial charge in [0.25, 0.3) is 5.91 Å². The SMILES string of the molecule is CCN1CCC[C@H]1CNC(=O)c1c(OC)ccc(Br)c1OC(C)=O. The molecule has 1 N–H and O–H groups in total. The summed E-state index contributed by atoms with van der Waals surface area (Å²) in [6.45, 7) is 6.01. The van der Waals surface area contributed by atoms with E-state index >= 15 is 0 Å². The van der Waals surface area contributed by atoms with Crippen LogP contribution in [0.4, 0.5) is 0 Å². The lowest BCUT2D eigenvalue weighted by Crippen LogP contribution is -2.40. The molecule has 0 spiro atoms. The number of ether oxygens (including phenoxy) is 2. The lowest BCUT2D eigenvalue weighted by atomic mass is 10.1. The Morgan fingerprint density at radius 2 is 2.17 bits per heavy atom. The molecule has 24 heavy (non-hydrogen) atoms. The first kappa shape index (κ1) is 18.7. The van der Waals surface area contributed by atoms with Gasteiger partial charge in [0.1, 0.15) is 11.3 Å². The fourth-order valence-electron chi connectivity index (χ4n) is 3.01. The van der Waals surface area contributed by atoms with Gasteiger partial charge in [0, 0.05) is 19.5 Å². The molecule has 1 amide bonds. The van der Waals surface area contributed by atoms with Gasteiger partial charge in [-0.25, -0.2) is 0 Å². The molecular weight excluding hydrogens is 376 g/mol. The summed E-state index contributed by atoms with van der Waals surface area (Å²) in [7, 11) is 1.48. The van der Waals surface area contributed by atoms with Crippen LogP contribution >= 0.6 is 15.9 Å². The van der Waals surface area contributed by atoms with Gasteiger partial charge in [-0.1, -0.05) is 6.92 Å². The highest BCUT2D eigenvalue weighted by molar-refractivity contribution is 9.10. The van der Waals surface area contributed by atoms with Crippen LogP contribution in [0, 0.1) is 0 Å². The number of methoxy groups -OCH3 is 1. The van der Waals surface area contributed by atoms with Gasteiger partial charge in [-0.15, -0.1) is 0 Å². The van der Waals surface area contributed by atoms with Crippen LogP contribution in [0.15, 0.2) is 16.6 Å². The van der Waals surface area contributed by atoms with Crippen molar-refractivity contribution < 1.29 is 19.1 Å². The Labute approximate surface area is 150 Å². The molecule has 0 bridgehead atoms. The molecule has 2 rings (SSSR count). The van der Waals surface area contributed by atoms with Crippen molar-refractivity contribution in [3.63, 3.8) is 0 Å². The van der Waals surface area contributed by atoms with E-state index in [-0.39, 0.29) is 17.2 Å². The van der Waals surface area contributed by atoms with Crippen molar-refractivity contribution in [2.24, 2.45) is 0 Å². The molecule has 1 aliphatic heterocycles. The molecule has 1 atom stereocenters. The van der Waals surface area contributed by atoms with Crippen LogP contribution in [0.5, 0.6) is 11.5 Å². The standard InChI is InChI=1S/C17H23BrN2O4/c1-4-20-9-5-6-12(20)10-19-17(22)15-14(23-3)8-7-13(18)16(15)24-11(2)21/h7-8,12H,4-6,9-10H2,1-3H3,(H,19,22)/t12-/m0/s1. The van der Waals surface area contributed by atoms with Gasteiger partial charge in [-0.05, 0) is 54.0 Å². The zero-order chi connectivity index (χ0) is 17.7. The summed E-state index contributed by atoms with van der Waals surface area (Å²) in [5.41, 5.74) is 0.225. The lowest BCUT2D eigenvalue weighted by molar-refractivity contribution is -0.131. The zero-order valence-electron chi connectivity index (χ0n) is 14.2. The van der Waals surface area contributed by atoms with Gasteiger partial charge >= 0.3 is 5.97 Å². The van der Waals surface area contributed by atoms with E-state index < -0.39 is 5.97 Å². The molecule has 1 aliphatic rings. The minimum atomic E-state index is -0.494. The smallest absolute Gasteiger partial charge is 0.308 e. The van der Waals surface area contributed by atoms with Crippen molar-refractivity contribution in [2.75, 3.05) is 26.7 Å². The van der Waals surface area contributed by atoms with E-state index in [4.69, 9.17) is 9.47 Å². The molecule has 0 radical (unpaired) electrons. The summed E-state index contributed by atoms with van der Waals surface area (Å²) in [6, 6.07) is 3.69. The van der Waals surface area contributed by atoms with Gasteiger partial charge < -0.3 is 14.8 Å². The fraction of sp³-hybridized carbons (Fsp3) is 0.529. The highest BCUT2D eigenvalue weighted by Crippen LogP contribution is 2.36. The molecule has 1 aromatic carbocycles. The third kappa shape index (κ3) is 4.27. The van der Waals surface area contributed by atoms with Crippen molar-refractivity contribution in [1.29, 1.82) is 0 Å². The number of halogens is 1. The number of hydrogen-bond donors (Lipinski definition) is 1. The Balaban J connectivity index is 2.20. The van der Waals surface area contributed by atoms with E-state index in [0.717, 1.165) is 25.9 Å². The third-order valence-electron chi connectivity index (χ3n) is 4.17. The zero-order valence-corrected chi connectivity index (χ0v) is 15.8. The summed E-state index contributed by atoms with van der Waals surface area (Å²) in [4.78, 5) is 26.4. The van der Waals surface area contributed by atoms with E-state index in [2.05, 4.69) is 33.1 Å². The molecule has 0 saturated carbocycles. The molecular formula is C17H23BrN2O4. The average Bonchev–Trinajstić information content (AvgIpc) is 3.01. The summed E-state index contributed by atoms with van der Waals surface area (Å²) in [6.07, 6.45) is 2.22. The van der Waals surface area contributed by atoms with E-state index in [1.54, 1.807) is 12.1 Å². The maximum absolute atomic E-state index is 12.7. The van der Waals surface area contributed by atoms with E-state index in [1.807, 2.05) is 0 Å². The summed E-state index contributed by atoms with van der Waals surface area (Å²) < 4.78 is 11.0. The number of nitrogens with one attached hydrogen (secondary N) is 1. The van der Waals surface area contributed by atoms with Crippen molar-refractivity contribution in [3.8, 4) is 11.5 Å². The predicted molar refractivity (Wildman–Crippen MR) is 94.6 cm³/mol. The quantitative estimate of drug-likeness (QED) is 0.589. The highest BCUT2D eigenvalue weighted by Gasteiger charge is 2.26. The molecule has 0 aromatic heterocycles. The summed E-state index contributed by atoms with van der Waals surface area (Å²) in [5, 5.41) is 2.95. The summed E-state index contributed by atoms with van der Waals surface area (Å²) >= 11 is 3.32. The van der Waals surface area contributed by atoms with Gasteiger partial charge in [-0.3, -0.25) is 14.5 Å². The number of rotatable bonds is 6. The first-order valence-electron chi connectivity index (χ1n) is 8.05. The minimum absolute atomic E-state index is 0.179. The molecule has 1 fully saturated rings.